The van der Waals surface area contributed by atoms with E-state index in [1.54, 1.807) is 0 Å². The molecular formula is C14H25N5. The molecule has 1 aromatic rings. The standard InChI is InChI=1S/C14H25N5/c1-11(2)7-15-8-12-9-16-14(17-12)13-10-18-3-5-19(13)6-4-18/h9,11,13,15H,3-8,10H2,1-2H3,(H,16,17). The molecule has 3 aliphatic rings. The summed E-state index contributed by atoms with van der Waals surface area (Å²) in [5, 5.41) is 3.46. The van der Waals surface area contributed by atoms with Crippen LogP contribution in [0.15, 0.2) is 6.20 Å². The van der Waals surface area contributed by atoms with Gasteiger partial charge in [0.25, 0.3) is 0 Å². The van der Waals surface area contributed by atoms with Crippen molar-refractivity contribution >= 4 is 0 Å². The molecule has 0 spiro atoms. The molecule has 2 bridgehead atoms. The Morgan fingerprint density at radius 2 is 2.16 bits per heavy atom. The van der Waals surface area contributed by atoms with E-state index >= 15 is 0 Å². The SMILES string of the molecule is CC(C)CNCc1cnc(C2CN3CCN2CC3)[nH]1. The fourth-order valence-corrected chi connectivity index (χ4v) is 3.01. The number of aromatic amines is 1. The van der Waals surface area contributed by atoms with Crippen molar-refractivity contribution < 1.29 is 0 Å². The Hall–Kier alpha value is -0.910. The van der Waals surface area contributed by atoms with Gasteiger partial charge in [0.05, 0.1) is 6.04 Å². The van der Waals surface area contributed by atoms with Crippen molar-refractivity contribution in [3.63, 3.8) is 0 Å². The van der Waals surface area contributed by atoms with Gasteiger partial charge in [-0.25, -0.2) is 4.98 Å². The van der Waals surface area contributed by atoms with Crippen LogP contribution in [-0.4, -0.2) is 59.0 Å². The highest BCUT2D eigenvalue weighted by atomic mass is 15.4. The molecule has 0 aromatic carbocycles. The summed E-state index contributed by atoms with van der Waals surface area (Å²) in [6.07, 6.45) is 1.99. The quantitative estimate of drug-likeness (QED) is 0.826. The summed E-state index contributed by atoms with van der Waals surface area (Å²) in [5.41, 5.74) is 1.20. The van der Waals surface area contributed by atoms with Gasteiger partial charge in [0.15, 0.2) is 0 Å². The van der Waals surface area contributed by atoms with Crippen molar-refractivity contribution in [3.05, 3.63) is 17.7 Å². The van der Waals surface area contributed by atoms with Gasteiger partial charge >= 0.3 is 0 Å². The summed E-state index contributed by atoms with van der Waals surface area (Å²) in [6.45, 7) is 12.3. The Balaban J connectivity index is 1.58. The van der Waals surface area contributed by atoms with Crippen molar-refractivity contribution in [2.75, 3.05) is 39.3 Å². The zero-order valence-corrected chi connectivity index (χ0v) is 12.0. The minimum absolute atomic E-state index is 0.473. The lowest BCUT2D eigenvalue weighted by Crippen LogP contribution is -2.57. The summed E-state index contributed by atoms with van der Waals surface area (Å²) >= 11 is 0. The normalized spacial score (nSPS) is 30.2. The van der Waals surface area contributed by atoms with E-state index in [4.69, 9.17) is 0 Å². The number of hydrogen-bond acceptors (Lipinski definition) is 4. The summed E-state index contributed by atoms with van der Waals surface area (Å²) < 4.78 is 0. The number of hydrogen-bond donors (Lipinski definition) is 2. The third kappa shape index (κ3) is 2.99. The minimum atomic E-state index is 0.473. The first-order valence-electron chi connectivity index (χ1n) is 7.43. The van der Waals surface area contributed by atoms with Crippen molar-refractivity contribution in [2.45, 2.75) is 26.4 Å². The first kappa shape index (κ1) is 13.1. The van der Waals surface area contributed by atoms with Crippen LogP contribution in [0.4, 0.5) is 0 Å². The average molecular weight is 263 g/mol. The molecule has 1 aromatic heterocycles. The molecule has 106 valence electrons. The van der Waals surface area contributed by atoms with Crippen LogP contribution in [0.25, 0.3) is 0 Å². The Morgan fingerprint density at radius 3 is 2.79 bits per heavy atom. The van der Waals surface area contributed by atoms with Gasteiger partial charge < -0.3 is 10.3 Å². The number of imidazole rings is 1. The van der Waals surface area contributed by atoms with E-state index in [0.717, 1.165) is 25.5 Å². The maximum absolute atomic E-state index is 4.59. The number of nitrogens with zero attached hydrogens (tertiary/aromatic N) is 3. The molecule has 1 atom stereocenters. The Labute approximate surface area is 115 Å². The molecule has 0 radical (unpaired) electrons. The zero-order chi connectivity index (χ0) is 13.2. The first-order valence-corrected chi connectivity index (χ1v) is 7.43. The molecule has 4 rings (SSSR count). The van der Waals surface area contributed by atoms with E-state index in [1.165, 1.54) is 31.9 Å². The number of rotatable bonds is 5. The summed E-state index contributed by atoms with van der Waals surface area (Å²) in [6, 6.07) is 0.473. The minimum Gasteiger partial charge on any atom is -0.343 e. The van der Waals surface area contributed by atoms with Gasteiger partial charge in [-0.05, 0) is 12.5 Å². The van der Waals surface area contributed by atoms with Gasteiger partial charge in [0.2, 0.25) is 0 Å². The maximum atomic E-state index is 4.59. The van der Waals surface area contributed by atoms with Gasteiger partial charge in [-0.2, -0.15) is 0 Å². The van der Waals surface area contributed by atoms with Gasteiger partial charge in [-0.15, -0.1) is 0 Å². The Bertz CT molecular complexity index is 406. The third-order valence-electron chi connectivity index (χ3n) is 4.11. The highest BCUT2D eigenvalue weighted by Crippen LogP contribution is 2.26. The molecule has 2 N–H and O–H groups in total. The Morgan fingerprint density at radius 1 is 1.37 bits per heavy atom. The smallest absolute Gasteiger partial charge is 0.125 e. The molecule has 19 heavy (non-hydrogen) atoms. The third-order valence-corrected chi connectivity index (χ3v) is 4.11. The van der Waals surface area contributed by atoms with Crippen LogP contribution in [0.3, 0.4) is 0 Å². The number of aromatic nitrogens is 2. The van der Waals surface area contributed by atoms with E-state index < -0.39 is 0 Å². The van der Waals surface area contributed by atoms with E-state index in [0.29, 0.717) is 12.0 Å². The van der Waals surface area contributed by atoms with Crippen molar-refractivity contribution in [3.8, 4) is 0 Å². The lowest BCUT2D eigenvalue weighted by atomic mass is 10.1. The van der Waals surface area contributed by atoms with Gasteiger partial charge in [-0.1, -0.05) is 13.8 Å². The Kier molecular flexibility index (Phi) is 3.86. The van der Waals surface area contributed by atoms with Gasteiger partial charge in [0, 0.05) is 51.2 Å². The number of fused-ring (bicyclic) bond motifs is 3. The van der Waals surface area contributed by atoms with Crippen LogP contribution in [0.1, 0.15) is 31.4 Å². The lowest BCUT2D eigenvalue weighted by Gasteiger charge is -2.46. The largest absolute Gasteiger partial charge is 0.343 e. The summed E-state index contributed by atoms with van der Waals surface area (Å²) in [4.78, 5) is 13.2. The topological polar surface area (TPSA) is 47.2 Å². The van der Waals surface area contributed by atoms with E-state index in [-0.39, 0.29) is 0 Å². The molecule has 3 saturated heterocycles. The van der Waals surface area contributed by atoms with Crippen molar-refractivity contribution in [1.29, 1.82) is 0 Å². The number of piperazine rings is 3. The van der Waals surface area contributed by atoms with E-state index in [1.807, 2.05) is 6.20 Å². The van der Waals surface area contributed by atoms with Crippen molar-refractivity contribution in [1.82, 2.24) is 25.1 Å². The highest BCUT2D eigenvalue weighted by Gasteiger charge is 2.34. The fraction of sp³-hybridized carbons (Fsp3) is 0.786. The second-order valence-electron chi connectivity index (χ2n) is 6.17. The van der Waals surface area contributed by atoms with Crippen LogP contribution in [0.5, 0.6) is 0 Å². The lowest BCUT2D eigenvalue weighted by molar-refractivity contribution is 0.00895. The van der Waals surface area contributed by atoms with Crippen LogP contribution in [0.2, 0.25) is 0 Å². The molecule has 0 aliphatic carbocycles. The molecule has 1 unspecified atom stereocenters. The number of H-pyrrole nitrogens is 1. The molecule has 3 fully saturated rings. The average Bonchev–Trinajstić information content (AvgIpc) is 2.88. The molecule has 5 nitrogen and oxygen atoms in total. The zero-order valence-electron chi connectivity index (χ0n) is 12.0. The monoisotopic (exact) mass is 263 g/mol. The molecular weight excluding hydrogens is 238 g/mol. The predicted octanol–water partition coefficient (Wildman–Crippen LogP) is 0.828. The van der Waals surface area contributed by atoms with E-state index in [9.17, 15) is 0 Å². The molecule has 0 saturated carbocycles. The summed E-state index contributed by atoms with van der Waals surface area (Å²) in [5.74, 6) is 1.83. The number of nitrogens with one attached hydrogen (secondary N) is 2. The second kappa shape index (κ2) is 5.61. The predicted molar refractivity (Wildman–Crippen MR) is 75.9 cm³/mol. The molecule has 0 amide bonds. The van der Waals surface area contributed by atoms with Gasteiger partial charge in [-0.3, -0.25) is 9.80 Å². The molecule has 5 heteroatoms. The molecule has 4 heterocycles. The van der Waals surface area contributed by atoms with Crippen LogP contribution in [-0.2, 0) is 6.54 Å². The van der Waals surface area contributed by atoms with Crippen LogP contribution in [0, 0.1) is 5.92 Å². The van der Waals surface area contributed by atoms with Gasteiger partial charge in [0.1, 0.15) is 5.82 Å². The first-order chi connectivity index (χ1) is 9.22. The molecule has 3 aliphatic heterocycles. The maximum Gasteiger partial charge on any atom is 0.125 e. The second-order valence-corrected chi connectivity index (χ2v) is 6.17. The van der Waals surface area contributed by atoms with Crippen molar-refractivity contribution in [2.24, 2.45) is 5.92 Å². The summed E-state index contributed by atoms with van der Waals surface area (Å²) in [7, 11) is 0. The fourth-order valence-electron chi connectivity index (χ4n) is 3.01. The highest BCUT2D eigenvalue weighted by molar-refractivity contribution is 5.08. The van der Waals surface area contributed by atoms with Crippen LogP contribution < -0.4 is 5.32 Å². The van der Waals surface area contributed by atoms with Crippen LogP contribution >= 0.6 is 0 Å². The van der Waals surface area contributed by atoms with E-state index in [2.05, 4.69) is 38.9 Å².